The van der Waals surface area contributed by atoms with Crippen LogP contribution in [0.3, 0.4) is 0 Å². The van der Waals surface area contributed by atoms with Crippen LogP contribution in [0.1, 0.15) is 31.9 Å². The minimum absolute atomic E-state index is 0.868. The fourth-order valence-electron chi connectivity index (χ4n) is 2.39. The predicted octanol–water partition coefficient (Wildman–Crippen LogP) is 2.58. The van der Waals surface area contributed by atoms with Gasteiger partial charge in [-0.15, -0.1) is 0 Å². The largest absolute Gasteiger partial charge is 0.500 e. The molecule has 0 saturated heterocycles. The van der Waals surface area contributed by atoms with Crippen LogP contribution in [0.4, 0.5) is 0 Å². The molecule has 0 amide bonds. The number of hydrogen-bond donors (Lipinski definition) is 0. The predicted molar refractivity (Wildman–Crippen MR) is 81.5 cm³/mol. The quantitative estimate of drug-likeness (QED) is 0.378. The molecule has 20 heavy (non-hydrogen) atoms. The van der Waals surface area contributed by atoms with E-state index in [4.69, 9.17) is 13.3 Å². The first-order valence-corrected chi connectivity index (χ1v) is 9.27. The Morgan fingerprint density at radius 1 is 1.05 bits per heavy atom. The smallest absolute Gasteiger partial charge is 0.377 e. The molecule has 0 radical (unpaired) electrons. The van der Waals surface area contributed by atoms with Crippen LogP contribution in [0.2, 0.25) is 6.04 Å². The lowest BCUT2D eigenvalue weighted by Crippen LogP contribution is -2.43. The maximum absolute atomic E-state index is 5.44. The molecular formula is C15H28NO3Si+. The molecule has 0 aromatic carbocycles. The van der Waals surface area contributed by atoms with Crippen LogP contribution >= 0.6 is 0 Å². The van der Waals surface area contributed by atoms with Gasteiger partial charge in [0.2, 0.25) is 0 Å². The number of pyridine rings is 1. The summed E-state index contributed by atoms with van der Waals surface area (Å²) in [6, 6.07) is 7.28. The van der Waals surface area contributed by atoms with E-state index in [1.165, 1.54) is 12.1 Å². The summed E-state index contributed by atoms with van der Waals surface area (Å²) in [7, 11) is 2.62. The highest BCUT2D eigenvalue weighted by atomic mass is 28.4. The first kappa shape index (κ1) is 17.3. The number of aryl methyl sites for hydroxylation is 2. The average molecular weight is 298 g/mol. The third kappa shape index (κ3) is 4.98. The standard InChI is InChI=1S/C15H28NO3Si/c1-5-10-15-11-6-7-12-16(15)13-8-9-14-20(17-2,18-3)19-4/h6-7,11-12H,5,8-10,13-14H2,1-4H3/q+1. The van der Waals surface area contributed by atoms with Crippen molar-refractivity contribution in [2.75, 3.05) is 21.3 Å². The van der Waals surface area contributed by atoms with Crippen molar-refractivity contribution < 1.29 is 17.8 Å². The number of rotatable bonds is 10. The van der Waals surface area contributed by atoms with Crippen molar-refractivity contribution in [1.29, 1.82) is 0 Å². The zero-order valence-corrected chi connectivity index (χ0v) is 14.2. The molecule has 114 valence electrons. The highest BCUT2D eigenvalue weighted by Gasteiger charge is 2.36. The Morgan fingerprint density at radius 2 is 1.75 bits per heavy atom. The summed E-state index contributed by atoms with van der Waals surface area (Å²) in [6.07, 6.45) is 6.63. The second kappa shape index (κ2) is 9.23. The fraction of sp³-hybridized carbons (Fsp3) is 0.667. The van der Waals surface area contributed by atoms with E-state index in [2.05, 4.69) is 35.9 Å². The number of aromatic nitrogens is 1. The Hall–Kier alpha value is -0.753. The molecule has 1 aromatic heterocycles. The second-order valence-electron chi connectivity index (χ2n) is 4.89. The van der Waals surface area contributed by atoms with Gasteiger partial charge in [-0.3, -0.25) is 0 Å². The van der Waals surface area contributed by atoms with Crippen LogP contribution in [0.15, 0.2) is 24.4 Å². The van der Waals surface area contributed by atoms with Gasteiger partial charge in [0.15, 0.2) is 11.9 Å². The molecule has 0 aliphatic rings. The average Bonchev–Trinajstić information content (AvgIpc) is 2.50. The Kier molecular flexibility index (Phi) is 7.99. The minimum Gasteiger partial charge on any atom is -0.377 e. The molecule has 0 aliphatic carbocycles. The molecule has 0 atom stereocenters. The van der Waals surface area contributed by atoms with Crippen LogP contribution in [0.25, 0.3) is 0 Å². The summed E-state index contributed by atoms with van der Waals surface area (Å²) >= 11 is 0. The zero-order chi connectivity index (χ0) is 14.8. The van der Waals surface area contributed by atoms with Gasteiger partial charge < -0.3 is 13.3 Å². The van der Waals surface area contributed by atoms with Gasteiger partial charge in [0.1, 0.15) is 6.54 Å². The molecule has 4 nitrogen and oxygen atoms in total. The molecule has 0 spiro atoms. The highest BCUT2D eigenvalue weighted by molar-refractivity contribution is 6.60. The summed E-state index contributed by atoms with van der Waals surface area (Å²) in [5.41, 5.74) is 1.41. The molecule has 0 saturated carbocycles. The summed E-state index contributed by atoms with van der Waals surface area (Å²) < 4.78 is 18.7. The Balaban J connectivity index is 2.45. The summed E-state index contributed by atoms with van der Waals surface area (Å²) in [5, 5.41) is 0. The number of nitrogens with zero attached hydrogens (tertiary/aromatic N) is 1. The van der Waals surface area contributed by atoms with Gasteiger partial charge in [-0.25, -0.2) is 4.57 Å². The van der Waals surface area contributed by atoms with E-state index in [-0.39, 0.29) is 0 Å². The van der Waals surface area contributed by atoms with Gasteiger partial charge in [-0.1, -0.05) is 13.0 Å². The van der Waals surface area contributed by atoms with Crippen molar-refractivity contribution in [3.05, 3.63) is 30.1 Å². The third-order valence-corrected chi connectivity index (χ3v) is 6.44. The Labute approximate surface area is 124 Å². The Bertz CT molecular complexity index is 375. The van der Waals surface area contributed by atoms with E-state index in [0.29, 0.717) is 0 Å². The molecule has 1 rings (SSSR count). The van der Waals surface area contributed by atoms with Crippen LogP contribution in [0.5, 0.6) is 0 Å². The molecule has 0 fully saturated rings. The maximum Gasteiger partial charge on any atom is 0.500 e. The number of hydrogen-bond acceptors (Lipinski definition) is 3. The summed E-state index contributed by atoms with van der Waals surface area (Å²) in [5.74, 6) is 0. The van der Waals surface area contributed by atoms with Crippen molar-refractivity contribution in [2.24, 2.45) is 0 Å². The molecule has 1 heterocycles. The lowest BCUT2D eigenvalue weighted by atomic mass is 10.2. The minimum atomic E-state index is -2.39. The first-order chi connectivity index (χ1) is 9.71. The van der Waals surface area contributed by atoms with Crippen LogP contribution < -0.4 is 4.57 Å². The van der Waals surface area contributed by atoms with Gasteiger partial charge in [-0.05, 0) is 12.8 Å². The highest BCUT2D eigenvalue weighted by Crippen LogP contribution is 2.16. The van der Waals surface area contributed by atoms with Crippen molar-refractivity contribution in [2.45, 2.75) is 45.2 Å². The monoisotopic (exact) mass is 298 g/mol. The maximum atomic E-state index is 5.44. The molecule has 1 aromatic rings. The van der Waals surface area contributed by atoms with E-state index >= 15 is 0 Å². The van der Waals surface area contributed by atoms with Crippen LogP contribution in [-0.2, 0) is 26.2 Å². The van der Waals surface area contributed by atoms with Crippen molar-refractivity contribution in [3.63, 3.8) is 0 Å². The summed E-state index contributed by atoms with van der Waals surface area (Å²) in [6.45, 7) is 3.25. The molecule has 5 heteroatoms. The van der Waals surface area contributed by atoms with Crippen molar-refractivity contribution >= 4 is 8.80 Å². The van der Waals surface area contributed by atoms with Gasteiger partial charge in [0, 0.05) is 52.3 Å². The first-order valence-electron chi connectivity index (χ1n) is 7.34. The van der Waals surface area contributed by atoms with Crippen molar-refractivity contribution in [3.8, 4) is 0 Å². The van der Waals surface area contributed by atoms with Crippen LogP contribution in [-0.4, -0.2) is 30.1 Å². The van der Waals surface area contributed by atoms with Crippen molar-refractivity contribution in [1.82, 2.24) is 0 Å². The number of unbranched alkanes of at least 4 members (excludes halogenated alkanes) is 1. The zero-order valence-electron chi connectivity index (χ0n) is 13.2. The normalized spacial score (nSPS) is 11.8. The van der Waals surface area contributed by atoms with E-state index in [1.54, 1.807) is 21.3 Å². The van der Waals surface area contributed by atoms with Gasteiger partial charge in [0.25, 0.3) is 0 Å². The lowest BCUT2D eigenvalue weighted by Gasteiger charge is -2.23. The van der Waals surface area contributed by atoms with E-state index in [0.717, 1.165) is 31.9 Å². The van der Waals surface area contributed by atoms with E-state index < -0.39 is 8.80 Å². The van der Waals surface area contributed by atoms with Gasteiger partial charge >= 0.3 is 8.80 Å². The van der Waals surface area contributed by atoms with E-state index in [1.807, 2.05) is 0 Å². The molecule has 0 bridgehead atoms. The topological polar surface area (TPSA) is 31.6 Å². The van der Waals surface area contributed by atoms with Gasteiger partial charge in [0.05, 0.1) is 0 Å². The molecule has 0 aliphatic heterocycles. The molecule has 0 N–H and O–H groups in total. The lowest BCUT2D eigenvalue weighted by molar-refractivity contribution is -0.704. The fourth-order valence-corrected chi connectivity index (χ4v) is 4.19. The molecule has 0 unspecified atom stereocenters. The summed E-state index contributed by atoms with van der Waals surface area (Å²) in [4.78, 5) is 0. The third-order valence-electron chi connectivity index (χ3n) is 3.61. The van der Waals surface area contributed by atoms with Gasteiger partial charge in [-0.2, -0.15) is 0 Å². The molecular weight excluding hydrogens is 270 g/mol. The van der Waals surface area contributed by atoms with Crippen LogP contribution in [0, 0.1) is 0 Å². The van der Waals surface area contributed by atoms with E-state index in [9.17, 15) is 0 Å². The SMILES string of the molecule is CCCc1cccc[n+]1CCCC[Si](OC)(OC)OC. The Morgan fingerprint density at radius 3 is 2.35 bits per heavy atom. The second-order valence-corrected chi connectivity index (χ2v) is 7.98.